The second-order valence-electron chi connectivity index (χ2n) is 8.56. The lowest BCUT2D eigenvalue weighted by Gasteiger charge is -2.32. The van der Waals surface area contributed by atoms with E-state index in [9.17, 15) is 9.59 Å². The van der Waals surface area contributed by atoms with Crippen molar-refractivity contribution in [1.29, 1.82) is 0 Å². The Bertz CT molecular complexity index is 1070. The molecular formula is C29H32Cl2N2O2. The number of nitrogens with one attached hydrogen (secondary N) is 1. The SMILES string of the molecule is CCCCNC(=O)C(Cc1ccccc1)N(Cc1c(Cl)cccc1Cl)C(=O)CCc1ccccc1. The van der Waals surface area contributed by atoms with Gasteiger partial charge in [0.1, 0.15) is 6.04 Å². The van der Waals surface area contributed by atoms with E-state index in [0.717, 1.165) is 24.0 Å². The van der Waals surface area contributed by atoms with Crippen molar-refractivity contribution in [2.24, 2.45) is 0 Å². The van der Waals surface area contributed by atoms with Gasteiger partial charge in [0.2, 0.25) is 11.8 Å². The highest BCUT2D eigenvalue weighted by molar-refractivity contribution is 6.36. The second kappa shape index (κ2) is 13.9. The number of halogens is 2. The molecule has 1 N–H and O–H groups in total. The second-order valence-corrected chi connectivity index (χ2v) is 9.37. The van der Waals surface area contributed by atoms with E-state index in [4.69, 9.17) is 23.2 Å². The zero-order valence-electron chi connectivity index (χ0n) is 20.1. The highest BCUT2D eigenvalue weighted by Crippen LogP contribution is 2.27. The zero-order valence-corrected chi connectivity index (χ0v) is 21.6. The Balaban J connectivity index is 1.93. The standard InChI is InChI=1S/C29H32Cl2N2O2/c1-2-3-19-32-29(35)27(20-23-13-8-5-9-14-23)33(21-24-25(30)15-10-16-26(24)31)28(34)18-17-22-11-6-4-7-12-22/h4-16,27H,2-3,17-21H2,1H3,(H,32,35). The van der Waals surface area contributed by atoms with Crippen molar-refractivity contribution in [3.05, 3.63) is 106 Å². The van der Waals surface area contributed by atoms with Crippen LogP contribution >= 0.6 is 23.2 Å². The van der Waals surface area contributed by atoms with Crippen molar-refractivity contribution >= 4 is 35.0 Å². The summed E-state index contributed by atoms with van der Waals surface area (Å²) in [6, 6.07) is 24.2. The maximum absolute atomic E-state index is 13.7. The molecule has 3 aromatic carbocycles. The van der Waals surface area contributed by atoms with Crippen molar-refractivity contribution in [3.63, 3.8) is 0 Å². The fourth-order valence-corrected chi connectivity index (χ4v) is 4.47. The van der Waals surface area contributed by atoms with Crippen LogP contribution in [-0.2, 0) is 29.0 Å². The van der Waals surface area contributed by atoms with Gasteiger partial charge in [-0.05, 0) is 36.1 Å². The van der Waals surface area contributed by atoms with Crippen LogP contribution in [0.25, 0.3) is 0 Å². The molecular weight excluding hydrogens is 479 g/mol. The molecule has 0 saturated heterocycles. The van der Waals surface area contributed by atoms with E-state index in [0.29, 0.717) is 35.0 Å². The van der Waals surface area contributed by atoms with Crippen LogP contribution in [0.2, 0.25) is 10.0 Å². The smallest absolute Gasteiger partial charge is 0.243 e. The molecule has 0 aromatic heterocycles. The molecule has 0 spiro atoms. The number of rotatable bonds is 12. The van der Waals surface area contributed by atoms with Gasteiger partial charge in [0.05, 0.1) is 0 Å². The first kappa shape index (κ1) is 26.8. The Morgan fingerprint density at radius 1 is 0.857 bits per heavy atom. The van der Waals surface area contributed by atoms with Gasteiger partial charge < -0.3 is 10.2 Å². The van der Waals surface area contributed by atoms with Crippen molar-refractivity contribution in [2.45, 2.75) is 51.6 Å². The van der Waals surface area contributed by atoms with Gasteiger partial charge in [0, 0.05) is 41.5 Å². The first-order chi connectivity index (χ1) is 17.0. The molecule has 0 bridgehead atoms. The molecule has 3 rings (SSSR count). The Kier molecular flexibility index (Phi) is 10.6. The number of carbonyl (C=O) groups excluding carboxylic acids is 2. The molecule has 0 aliphatic rings. The maximum atomic E-state index is 13.7. The Morgan fingerprint density at radius 3 is 2.06 bits per heavy atom. The summed E-state index contributed by atoms with van der Waals surface area (Å²) in [5.74, 6) is -0.282. The number of benzene rings is 3. The summed E-state index contributed by atoms with van der Waals surface area (Å²) in [5, 5.41) is 3.98. The van der Waals surface area contributed by atoms with E-state index in [1.165, 1.54) is 0 Å². The van der Waals surface area contributed by atoms with Crippen LogP contribution in [0.15, 0.2) is 78.9 Å². The molecule has 0 fully saturated rings. The minimum Gasteiger partial charge on any atom is -0.354 e. The number of hydrogen-bond acceptors (Lipinski definition) is 2. The molecule has 6 heteroatoms. The predicted molar refractivity (Wildman–Crippen MR) is 144 cm³/mol. The number of hydrogen-bond donors (Lipinski definition) is 1. The number of nitrogens with zero attached hydrogens (tertiary/aromatic N) is 1. The Labute approximate surface area is 218 Å². The fraction of sp³-hybridized carbons (Fsp3) is 0.310. The van der Waals surface area contributed by atoms with Gasteiger partial charge in [0.25, 0.3) is 0 Å². The van der Waals surface area contributed by atoms with E-state index < -0.39 is 6.04 Å². The van der Waals surface area contributed by atoms with E-state index in [1.54, 1.807) is 23.1 Å². The Morgan fingerprint density at radius 2 is 1.46 bits per heavy atom. The van der Waals surface area contributed by atoms with Crippen molar-refractivity contribution in [3.8, 4) is 0 Å². The number of amides is 2. The molecule has 184 valence electrons. The minimum atomic E-state index is -0.690. The third-order valence-electron chi connectivity index (χ3n) is 5.96. The number of carbonyl (C=O) groups is 2. The van der Waals surface area contributed by atoms with Gasteiger partial charge in [-0.15, -0.1) is 0 Å². The fourth-order valence-electron chi connectivity index (χ4n) is 3.95. The summed E-state index contributed by atoms with van der Waals surface area (Å²) in [6.45, 7) is 2.80. The lowest BCUT2D eigenvalue weighted by molar-refractivity contribution is -0.141. The molecule has 1 atom stereocenters. The van der Waals surface area contributed by atoms with Crippen molar-refractivity contribution in [1.82, 2.24) is 10.2 Å². The molecule has 0 radical (unpaired) electrons. The first-order valence-corrected chi connectivity index (χ1v) is 12.8. The largest absolute Gasteiger partial charge is 0.354 e. The summed E-state index contributed by atoms with van der Waals surface area (Å²) in [4.78, 5) is 28.7. The van der Waals surface area contributed by atoms with Crippen LogP contribution < -0.4 is 5.32 Å². The summed E-state index contributed by atoms with van der Waals surface area (Å²) in [6.07, 6.45) is 3.11. The van der Waals surface area contributed by atoms with Crippen LogP contribution in [0.4, 0.5) is 0 Å². The highest BCUT2D eigenvalue weighted by Gasteiger charge is 2.31. The average Bonchev–Trinajstić information content (AvgIpc) is 2.87. The Hall–Kier alpha value is -2.82. The van der Waals surface area contributed by atoms with E-state index in [1.807, 2.05) is 60.7 Å². The third-order valence-corrected chi connectivity index (χ3v) is 6.67. The molecule has 35 heavy (non-hydrogen) atoms. The van der Waals surface area contributed by atoms with Crippen LogP contribution in [0.5, 0.6) is 0 Å². The molecule has 0 aliphatic heterocycles. The zero-order chi connectivity index (χ0) is 25.0. The summed E-state index contributed by atoms with van der Waals surface area (Å²) < 4.78 is 0. The number of aryl methyl sites for hydroxylation is 1. The van der Waals surface area contributed by atoms with E-state index in [2.05, 4.69) is 12.2 Å². The molecule has 1 unspecified atom stereocenters. The summed E-state index contributed by atoms with van der Waals surface area (Å²) in [7, 11) is 0. The summed E-state index contributed by atoms with van der Waals surface area (Å²) in [5.41, 5.74) is 2.70. The topological polar surface area (TPSA) is 49.4 Å². The highest BCUT2D eigenvalue weighted by atomic mass is 35.5. The molecule has 4 nitrogen and oxygen atoms in total. The quantitative estimate of drug-likeness (QED) is 0.283. The lowest BCUT2D eigenvalue weighted by atomic mass is 10.0. The van der Waals surface area contributed by atoms with Gasteiger partial charge in [-0.2, -0.15) is 0 Å². The van der Waals surface area contributed by atoms with E-state index >= 15 is 0 Å². The molecule has 0 aliphatic carbocycles. The summed E-state index contributed by atoms with van der Waals surface area (Å²) >= 11 is 13.0. The van der Waals surface area contributed by atoms with Crippen LogP contribution in [0.1, 0.15) is 42.9 Å². The van der Waals surface area contributed by atoms with Crippen LogP contribution in [0.3, 0.4) is 0 Å². The normalized spacial score (nSPS) is 11.6. The lowest BCUT2D eigenvalue weighted by Crippen LogP contribution is -2.50. The van der Waals surface area contributed by atoms with Gasteiger partial charge in [0.15, 0.2) is 0 Å². The van der Waals surface area contributed by atoms with Crippen molar-refractivity contribution in [2.75, 3.05) is 6.54 Å². The predicted octanol–water partition coefficient (Wildman–Crippen LogP) is 6.48. The van der Waals surface area contributed by atoms with Gasteiger partial charge in [-0.1, -0.05) is 103 Å². The molecule has 0 saturated carbocycles. The average molecular weight is 511 g/mol. The van der Waals surface area contributed by atoms with Gasteiger partial charge >= 0.3 is 0 Å². The third kappa shape index (κ3) is 8.12. The van der Waals surface area contributed by atoms with Gasteiger partial charge in [-0.25, -0.2) is 0 Å². The van der Waals surface area contributed by atoms with E-state index in [-0.39, 0.29) is 24.8 Å². The minimum absolute atomic E-state index is 0.114. The van der Waals surface area contributed by atoms with Crippen LogP contribution in [0, 0.1) is 0 Å². The van der Waals surface area contributed by atoms with Crippen molar-refractivity contribution < 1.29 is 9.59 Å². The monoisotopic (exact) mass is 510 g/mol. The molecule has 3 aromatic rings. The number of unbranched alkanes of at least 4 members (excludes halogenated alkanes) is 1. The molecule has 0 heterocycles. The van der Waals surface area contributed by atoms with Gasteiger partial charge in [-0.3, -0.25) is 9.59 Å². The molecule has 2 amide bonds. The maximum Gasteiger partial charge on any atom is 0.243 e. The van der Waals surface area contributed by atoms with Crippen LogP contribution in [-0.4, -0.2) is 29.3 Å². The first-order valence-electron chi connectivity index (χ1n) is 12.1.